The number of anilines is 1. The maximum absolute atomic E-state index is 13.0. The Bertz CT molecular complexity index is 867. The molecule has 0 bridgehead atoms. The fourth-order valence-corrected chi connectivity index (χ4v) is 4.17. The van der Waals surface area contributed by atoms with E-state index in [9.17, 15) is 14.4 Å². The molecule has 3 amide bonds. The minimum atomic E-state index is -0.276. The van der Waals surface area contributed by atoms with Crippen molar-refractivity contribution in [2.75, 3.05) is 38.6 Å². The highest BCUT2D eigenvalue weighted by atomic mass is 35.5. The SMILES string of the molecule is Cc1cccc2sc(N(CCCN(C)C)C(=O)CN3C(=O)CCC3=O)nc12.Cl. The molecule has 1 aromatic carbocycles. The monoisotopic (exact) mass is 424 g/mol. The topological polar surface area (TPSA) is 73.8 Å². The summed E-state index contributed by atoms with van der Waals surface area (Å²) in [5.74, 6) is -0.822. The Hall–Kier alpha value is -2.03. The minimum Gasteiger partial charge on any atom is -0.309 e. The molecule has 0 N–H and O–H groups in total. The molecule has 1 fully saturated rings. The molecule has 3 rings (SSSR count). The molecule has 0 radical (unpaired) electrons. The van der Waals surface area contributed by atoms with E-state index in [-0.39, 0.29) is 49.5 Å². The number of hydrogen-bond acceptors (Lipinski definition) is 6. The number of carbonyl (C=O) groups is 3. The number of halogens is 1. The molecule has 0 atom stereocenters. The van der Waals surface area contributed by atoms with Crippen molar-refractivity contribution in [2.24, 2.45) is 0 Å². The predicted octanol–water partition coefficient (Wildman–Crippen LogP) is 2.46. The van der Waals surface area contributed by atoms with E-state index in [1.165, 1.54) is 11.3 Å². The van der Waals surface area contributed by atoms with Gasteiger partial charge in [0, 0.05) is 19.4 Å². The molecule has 28 heavy (non-hydrogen) atoms. The summed E-state index contributed by atoms with van der Waals surface area (Å²) >= 11 is 1.46. The second kappa shape index (κ2) is 9.45. The van der Waals surface area contributed by atoms with Crippen molar-refractivity contribution < 1.29 is 14.4 Å². The standard InChI is InChI=1S/C19H24N4O3S.ClH/c1-13-6-4-7-14-18(13)20-19(27-14)22(11-5-10-21(2)3)17(26)12-23-15(24)8-9-16(23)25;/h4,6-7H,5,8-12H2,1-3H3;1H. The van der Waals surface area contributed by atoms with Crippen LogP contribution in [0.5, 0.6) is 0 Å². The Morgan fingerprint density at radius 1 is 1.18 bits per heavy atom. The van der Waals surface area contributed by atoms with Gasteiger partial charge in [-0.05, 0) is 45.6 Å². The number of likely N-dealkylation sites (tertiary alicyclic amines) is 1. The lowest BCUT2D eigenvalue weighted by Crippen LogP contribution is -2.43. The van der Waals surface area contributed by atoms with Gasteiger partial charge < -0.3 is 4.90 Å². The van der Waals surface area contributed by atoms with Crippen LogP contribution in [0.15, 0.2) is 18.2 Å². The number of aromatic nitrogens is 1. The summed E-state index contributed by atoms with van der Waals surface area (Å²) in [6.45, 7) is 3.10. The number of benzene rings is 1. The molecule has 0 unspecified atom stereocenters. The van der Waals surface area contributed by atoms with E-state index in [1.54, 1.807) is 4.90 Å². The summed E-state index contributed by atoms with van der Waals surface area (Å²) in [7, 11) is 3.96. The van der Waals surface area contributed by atoms with Gasteiger partial charge in [0.2, 0.25) is 17.7 Å². The highest BCUT2D eigenvalue weighted by molar-refractivity contribution is 7.22. The Balaban J connectivity index is 0.00000280. The molecule has 2 aromatic rings. The van der Waals surface area contributed by atoms with Crippen molar-refractivity contribution in [2.45, 2.75) is 26.2 Å². The van der Waals surface area contributed by atoms with Crippen LogP contribution in [0.3, 0.4) is 0 Å². The van der Waals surface area contributed by atoms with Crippen molar-refractivity contribution in [1.82, 2.24) is 14.8 Å². The van der Waals surface area contributed by atoms with Crippen molar-refractivity contribution in [1.29, 1.82) is 0 Å². The van der Waals surface area contributed by atoms with E-state index < -0.39 is 0 Å². The smallest absolute Gasteiger partial charge is 0.248 e. The first-order valence-electron chi connectivity index (χ1n) is 9.01. The van der Waals surface area contributed by atoms with Crippen LogP contribution in [0.25, 0.3) is 10.2 Å². The number of carbonyl (C=O) groups excluding carboxylic acids is 3. The third kappa shape index (κ3) is 4.87. The van der Waals surface area contributed by atoms with Crippen LogP contribution in [-0.2, 0) is 14.4 Å². The van der Waals surface area contributed by atoms with E-state index >= 15 is 0 Å². The summed E-state index contributed by atoms with van der Waals surface area (Å²) in [6, 6.07) is 5.95. The number of amides is 3. The van der Waals surface area contributed by atoms with Gasteiger partial charge in [0.15, 0.2) is 5.13 Å². The molecular formula is C19H25ClN4O3S. The maximum atomic E-state index is 13.0. The molecular weight excluding hydrogens is 400 g/mol. The van der Waals surface area contributed by atoms with Crippen LogP contribution in [0.1, 0.15) is 24.8 Å². The van der Waals surface area contributed by atoms with Gasteiger partial charge >= 0.3 is 0 Å². The number of fused-ring (bicyclic) bond motifs is 1. The molecule has 1 saturated heterocycles. The van der Waals surface area contributed by atoms with Crippen LogP contribution in [0.4, 0.5) is 5.13 Å². The lowest BCUT2D eigenvalue weighted by atomic mass is 10.2. The molecule has 0 aliphatic carbocycles. The first-order chi connectivity index (χ1) is 12.9. The second-order valence-corrected chi connectivity index (χ2v) is 8.00. The van der Waals surface area contributed by atoms with Crippen LogP contribution in [0, 0.1) is 6.92 Å². The zero-order valence-electron chi connectivity index (χ0n) is 16.3. The first kappa shape index (κ1) is 22.3. The van der Waals surface area contributed by atoms with E-state index in [4.69, 9.17) is 0 Å². The Morgan fingerprint density at radius 2 is 1.86 bits per heavy atom. The van der Waals surface area contributed by atoms with Crippen molar-refractivity contribution in [3.8, 4) is 0 Å². The lowest BCUT2D eigenvalue weighted by Gasteiger charge is -2.23. The van der Waals surface area contributed by atoms with E-state index in [2.05, 4.69) is 9.88 Å². The third-order valence-electron chi connectivity index (χ3n) is 4.58. The molecule has 2 heterocycles. The van der Waals surface area contributed by atoms with Gasteiger partial charge in [-0.15, -0.1) is 12.4 Å². The zero-order chi connectivity index (χ0) is 19.6. The van der Waals surface area contributed by atoms with Gasteiger partial charge in [0.05, 0.1) is 10.2 Å². The second-order valence-electron chi connectivity index (χ2n) is 6.99. The number of imide groups is 1. The summed E-state index contributed by atoms with van der Waals surface area (Å²) < 4.78 is 1.02. The minimum absolute atomic E-state index is 0. The normalized spacial score (nSPS) is 14.1. The Labute approximate surface area is 174 Å². The van der Waals surface area contributed by atoms with Gasteiger partial charge in [0.1, 0.15) is 6.54 Å². The Kier molecular flexibility index (Phi) is 7.51. The highest BCUT2D eigenvalue weighted by Crippen LogP contribution is 2.31. The van der Waals surface area contributed by atoms with Crippen molar-refractivity contribution in [3.05, 3.63) is 23.8 Å². The quantitative estimate of drug-likeness (QED) is 0.638. The molecule has 1 aliphatic heterocycles. The molecule has 9 heteroatoms. The molecule has 0 saturated carbocycles. The maximum Gasteiger partial charge on any atom is 0.248 e. The van der Waals surface area contributed by atoms with Gasteiger partial charge in [0.25, 0.3) is 0 Å². The van der Waals surface area contributed by atoms with Crippen molar-refractivity contribution in [3.63, 3.8) is 0 Å². The number of rotatable bonds is 7. The van der Waals surface area contributed by atoms with Gasteiger partial charge in [-0.3, -0.25) is 24.2 Å². The van der Waals surface area contributed by atoms with E-state index in [1.807, 2.05) is 39.2 Å². The van der Waals surface area contributed by atoms with Gasteiger partial charge in [-0.25, -0.2) is 4.98 Å². The first-order valence-corrected chi connectivity index (χ1v) is 9.83. The van der Waals surface area contributed by atoms with Crippen LogP contribution < -0.4 is 4.90 Å². The number of hydrogen-bond donors (Lipinski definition) is 0. The summed E-state index contributed by atoms with van der Waals surface area (Å²) in [4.78, 5) is 46.1. The van der Waals surface area contributed by atoms with Crippen LogP contribution >= 0.6 is 23.7 Å². The lowest BCUT2D eigenvalue weighted by molar-refractivity contribution is -0.141. The fourth-order valence-electron chi connectivity index (χ4n) is 3.08. The number of thiazole rings is 1. The third-order valence-corrected chi connectivity index (χ3v) is 5.62. The molecule has 7 nitrogen and oxygen atoms in total. The molecule has 152 valence electrons. The predicted molar refractivity (Wildman–Crippen MR) is 113 cm³/mol. The van der Waals surface area contributed by atoms with E-state index in [0.29, 0.717) is 11.7 Å². The number of nitrogens with zero attached hydrogens (tertiary/aromatic N) is 4. The molecule has 0 spiro atoms. The van der Waals surface area contributed by atoms with Crippen LogP contribution in [0.2, 0.25) is 0 Å². The number of aryl methyl sites for hydroxylation is 1. The van der Waals surface area contributed by atoms with E-state index in [0.717, 1.165) is 33.6 Å². The van der Waals surface area contributed by atoms with Crippen molar-refractivity contribution >= 4 is 56.8 Å². The zero-order valence-corrected chi connectivity index (χ0v) is 17.9. The largest absolute Gasteiger partial charge is 0.309 e. The average Bonchev–Trinajstić information content (AvgIpc) is 3.18. The molecule has 1 aliphatic rings. The summed E-state index contributed by atoms with van der Waals surface area (Å²) in [6.07, 6.45) is 1.15. The molecule has 1 aromatic heterocycles. The van der Waals surface area contributed by atoms with Crippen LogP contribution in [-0.4, -0.2) is 66.2 Å². The van der Waals surface area contributed by atoms with Gasteiger partial charge in [-0.2, -0.15) is 0 Å². The highest BCUT2D eigenvalue weighted by Gasteiger charge is 2.32. The van der Waals surface area contributed by atoms with Gasteiger partial charge in [-0.1, -0.05) is 23.5 Å². The Morgan fingerprint density at radius 3 is 2.46 bits per heavy atom. The fraction of sp³-hybridized carbons (Fsp3) is 0.474. The average molecular weight is 425 g/mol. The summed E-state index contributed by atoms with van der Waals surface area (Å²) in [5, 5.41) is 0.613. The summed E-state index contributed by atoms with van der Waals surface area (Å²) in [5.41, 5.74) is 1.94. The number of para-hydroxylation sites is 1.